The quantitative estimate of drug-likeness (QED) is 0.765. The smallest absolute Gasteiger partial charge is 0.337 e. The Balaban J connectivity index is 1.92. The molecule has 3 rings (SSSR count). The van der Waals surface area contributed by atoms with Crippen LogP contribution in [-0.2, 0) is 4.79 Å². The fourth-order valence-electron chi connectivity index (χ4n) is 3.27. The van der Waals surface area contributed by atoms with Gasteiger partial charge >= 0.3 is 18.1 Å². The molecular formula is C18H20F3N3O2. The van der Waals surface area contributed by atoms with Crippen LogP contribution in [0.3, 0.4) is 0 Å². The lowest BCUT2D eigenvalue weighted by atomic mass is 9.88. The van der Waals surface area contributed by atoms with Crippen LogP contribution >= 0.6 is 0 Å². The predicted molar refractivity (Wildman–Crippen MR) is 91.7 cm³/mol. The molecule has 0 spiro atoms. The van der Waals surface area contributed by atoms with E-state index >= 15 is 0 Å². The first-order valence-electron chi connectivity index (χ1n) is 8.58. The summed E-state index contributed by atoms with van der Waals surface area (Å²) in [5.41, 5.74) is 2.64. The number of benzene rings is 1. The number of carbonyl (C=O) groups excluding carboxylic acids is 2. The van der Waals surface area contributed by atoms with E-state index in [1.807, 2.05) is 17.5 Å². The van der Waals surface area contributed by atoms with Crippen molar-refractivity contribution < 1.29 is 22.8 Å². The van der Waals surface area contributed by atoms with Gasteiger partial charge in [0.25, 0.3) is 0 Å². The van der Waals surface area contributed by atoms with Crippen molar-refractivity contribution in [3.63, 3.8) is 0 Å². The van der Waals surface area contributed by atoms with E-state index in [-0.39, 0.29) is 17.6 Å². The molecular weight excluding hydrogens is 347 g/mol. The van der Waals surface area contributed by atoms with E-state index in [2.05, 4.69) is 10.6 Å². The maximum absolute atomic E-state index is 12.6. The molecule has 1 heterocycles. The number of halogens is 3. The van der Waals surface area contributed by atoms with Crippen LogP contribution in [0.15, 0.2) is 24.3 Å². The van der Waals surface area contributed by atoms with Crippen molar-refractivity contribution in [3.05, 3.63) is 35.4 Å². The van der Waals surface area contributed by atoms with Gasteiger partial charge in [-0.15, -0.1) is 0 Å². The molecule has 2 aliphatic rings. The van der Waals surface area contributed by atoms with Gasteiger partial charge in [-0.25, -0.2) is 4.79 Å². The van der Waals surface area contributed by atoms with Crippen LogP contribution in [0, 0.1) is 0 Å². The first-order valence-corrected chi connectivity index (χ1v) is 8.58. The molecule has 1 fully saturated rings. The Kier molecular flexibility index (Phi) is 5.20. The van der Waals surface area contributed by atoms with E-state index in [1.54, 1.807) is 6.07 Å². The largest absolute Gasteiger partial charge is 0.471 e. The Hall–Kier alpha value is -2.51. The van der Waals surface area contributed by atoms with Crippen molar-refractivity contribution >= 4 is 23.2 Å². The van der Waals surface area contributed by atoms with Crippen molar-refractivity contribution in [1.82, 2.24) is 10.6 Å². The molecule has 0 radical (unpaired) electrons. The molecule has 0 atom stereocenters. The molecule has 1 saturated heterocycles. The van der Waals surface area contributed by atoms with Gasteiger partial charge in [-0.05, 0) is 49.0 Å². The number of urea groups is 1. The summed E-state index contributed by atoms with van der Waals surface area (Å²) in [7, 11) is 0. The average Bonchev–Trinajstić information content (AvgIpc) is 2.63. The predicted octanol–water partition coefficient (Wildman–Crippen LogP) is 3.54. The molecule has 1 aromatic rings. The van der Waals surface area contributed by atoms with Crippen molar-refractivity contribution in [3.8, 4) is 0 Å². The number of anilines is 1. The first-order chi connectivity index (χ1) is 12.3. The van der Waals surface area contributed by atoms with E-state index in [1.165, 1.54) is 6.07 Å². The highest BCUT2D eigenvalue weighted by molar-refractivity contribution is 5.97. The number of nitrogens with one attached hydrogen (secondary N) is 3. The highest BCUT2D eigenvalue weighted by atomic mass is 19.4. The minimum atomic E-state index is -4.94. The third-order valence-corrected chi connectivity index (χ3v) is 4.68. The van der Waals surface area contributed by atoms with Crippen LogP contribution in [0.5, 0.6) is 0 Å². The Bertz CT molecular complexity index is 734. The Morgan fingerprint density at radius 3 is 2.50 bits per heavy atom. The number of allylic oxidation sites excluding steroid dienone is 2. The summed E-state index contributed by atoms with van der Waals surface area (Å²) >= 11 is 0. The highest BCUT2D eigenvalue weighted by Crippen LogP contribution is 2.34. The molecule has 5 nitrogen and oxygen atoms in total. The summed E-state index contributed by atoms with van der Waals surface area (Å²) in [5.74, 6) is -1.96. The molecule has 0 bridgehead atoms. The minimum Gasteiger partial charge on any atom is -0.337 e. The van der Waals surface area contributed by atoms with Gasteiger partial charge in [0.1, 0.15) is 0 Å². The number of carbonyl (C=O) groups is 2. The Labute approximate surface area is 149 Å². The molecule has 8 heteroatoms. The SMILES string of the molecule is O=C1NCC(c2ccc(NC(=O)C(F)(F)F)c(C3=CCCCC3)c2)CN1. The molecule has 1 aliphatic heterocycles. The second-order valence-electron chi connectivity index (χ2n) is 6.52. The third kappa shape index (κ3) is 4.17. The number of hydrogen-bond acceptors (Lipinski definition) is 2. The minimum absolute atomic E-state index is 0.0167. The van der Waals surface area contributed by atoms with Crippen molar-refractivity contribution in [2.75, 3.05) is 18.4 Å². The monoisotopic (exact) mass is 367 g/mol. The topological polar surface area (TPSA) is 70.2 Å². The zero-order valence-electron chi connectivity index (χ0n) is 14.1. The van der Waals surface area contributed by atoms with Crippen LogP contribution < -0.4 is 16.0 Å². The van der Waals surface area contributed by atoms with Crippen molar-refractivity contribution in [1.29, 1.82) is 0 Å². The van der Waals surface area contributed by atoms with E-state index < -0.39 is 12.1 Å². The molecule has 140 valence electrons. The van der Waals surface area contributed by atoms with Crippen molar-refractivity contribution in [2.45, 2.75) is 37.8 Å². The standard InChI is InChI=1S/C18H20F3N3O2/c19-18(20,21)16(25)24-15-7-6-12(13-9-22-17(26)23-10-13)8-14(15)11-4-2-1-3-5-11/h4,6-8,13H,1-3,5,9-10H2,(H,24,25)(H2,22,23,26). The van der Waals surface area contributed by atoms with E-state index in [4.69, 9.17) is 0 Å². The second kappa shape index (κ2) is 7.39. The van der Waals surface area contributed by atoms with Crippen LogP contribution in [0.2, 0.25) is 0 Å². The van der Waals surface area contributed by atoms with Crippen LogP contribution in [0.1, 0.15) is 42.7 Å². The van der Waals surface area contributed by atoms with Gasteiger partial charge in [0.2, 0.25) is 0 Å². The maximum Gasteiger partial charge on any atom is 0.471 e. The number of alkyl halides is 3. The molecule has 26 heavy (non-hydrogen) atoms. The summed E-state index contributed by atoms with van der Waals surface area (Å²) in [5, 5.41) is 7.42. The summed E-state index contributed by atoms with van der Waals surface area (Å²) < 4.78 is 37.9. The number of hydrogen-bond donors (Lipinski definition) is 3. The second-order valence-corrected chi connectivity index (χ2v) is 6.52. The lowest BCUT2D eigenvalue weighted by Crippen LogP contribution is -2.47. The van der Waals surface area contributed by atoms with Crippen LogP contribution in [0.4, 0.5) is 23.7 Å². The van der Waals surface area contributed by atoms with E-state index in [0.717, 1.165) is 36.8 Å². The molecule has 3 amide bonds. The van der Waals surface area contributed by atoms with Gasteiger partial charge in [-0.3, -0.25) is 4.79 Å². The third-order valence-electron chi connectivity index (χ3n) is 4.68. The lowest BCUT2D eigenvalue weighted by molar-refractivity contribution is -0.167. The van der Waals surface area contributed by atoms with Gasteiger partial charge in [0.15, 0.2) is 0 Å². The van der Waals surface area contributed by atoms with Crippen LogP contribution in [-0.4, -0.2) is 31.2 Å². The zero-order valence-corrected chi connectivity index (χ0v) is 14.1. The van der Waals surface area contributed by atoms with Crippen LogP contribution in [0.25, 0.3) is 5.57 Å². The van der Waals surface area contributed by atoms with Gasteiger partial charge in [0.05, 0.1) is 0 Å². The van der Waals surface area contributed by atoms with Crippen molar-refractivity contribution in [2.24, 2.45) is 0 Å². The Morgan fingerprint density at radius 2 is 1.88 bits per heavy atom. The van der Waals surface area contributed by atoms with E-state index in [9.17, 15) is 22.8 Å². The molecule has 1 aliphatic carbocycles. The summed E-state index contributed by atoms with van der Waals surface area (Å²) in [6.45, 7) is 0.914. The summed E-state index contributed by atoms with van der Waals surface area (Å²) in [4.78, 5) is 22.6. The zero-order chi connectivity index (χ0) is 18.7. The fourth-order valence-corrected chi connectivity index (χ4v) is 3.27. The molecule has 3 N–H and O–H groups in total. The molecule has 0 unspecified atom stereocenters. The maximum atomic E-state index is 12.6. The number of rotatable bonds is 3. The molecule has 1 aromatic carbocycles. The van der Waals surface area contributed by atoms with Gasteiger partial charge in [-0.1, -0.05) is 12.1 Å². The Morgan fingerprint density at radius 1 is 1.15 bits per heavy atom. The highest BCUT2D eigenvalue weighted by Gasteiger charge is 2.39. The lowest BCUT2D eigenvalue weighted by Gasteiger charge is -2.26. The first kappa shape index (κ1) is 18.3. The van der Waals surface area contributed by atoms with Gasteiger partial charge < -0.3 is 16.0 Å². The summed E-state index contributed by atoms with van der Waals surface area (Å²) in [6.07, 6.45) is 0.724. The fraction of sp³-hybridized carbons (Fsp3) is 0.444. The van der Waals surface area contributed by atoms with Gasteiger partial charge in [-0.2, -0.15) is 13.2 Å². The van der Waals surface area contributed by atoms with E-state index in [0.29, 0.717) is 18.7 Å². The van der Waals surface area contributed by atoms with Gasteiger partial charge in [0, 0.05) is 30.3 Å². The normalized spacial score (nSPS) is 18.6. The average molecular weight is 367 g/mol. The molecule has 0 saturated carbocycles. The summed E-state index contributed by atoms with van der Waals surface area (Å²) in [6, 6.07) is 4.81. The number of amides is 3. The molecule has 0 aromatic heterocycles.